The second-order valence-corrected chi connectivity index (χ2v) is 5.29. The van der Waals surface area contributed by atoms with E-state index in [9.17, 15) is 5.11 Å². The maximum Gasteiger partial charge on any atom is 0.0504 e. The molecule has 88 valence electrons. The fraction of sp³-hybridized carbons (Fsp3) is 0.571. The van der Waals surface area contributed by atoms with E-state index in [2.05, 4.69) is 38.2 Å². The van der Waals surface area contributed by atoms with Gasteiger partial charge in [0.1, 0.15) is 0 Å². The van der Waals surface area contributed by atoms with Crippen LogP contribution in [-0.4, -0.2) is 18.3 Å². The summed E-state index contributed by atoms with van der Waals surface area (Å²) < 4.78 is 0. The SMILES string of the molecule is Cc1cc(C)c(NCC2(CO)CC2)c(C)c1. The van der Waals surface area contributed by atoms with Crippen LogP contribution in [0.3, 0.4) is 0 Å². The molecule has 0 atom stereocenters. The van der Waals surface area contributed by atoms with Crippen molar-refractivity contribution in [2.24, 2.45) is 5.41 Å². The predicted molar refractivity (Wildman–Crippen MR) is 67.9 cm³/mol. The average Bonchev–Trinajstić information content (AvgIpc) is 2.97. The summed E-state index contributed by atoms with van der Waals surface area (Å²) in [6.07, 6.45) is 2.31. The summed E-state index contributed by atoms with van der Waals surface area (Å²) in [6.45, 7) is 7.61. The highest BCUT2D eigenvalue weighted by Gasteiger charge is 2.41. The highest BCUT2D eigenvalue weighted by atomic mass is 16.3. The Morgan fingerprint density at radius 1 is 1.19 bits per heavy atom. The monoisotopic (exact) mass is 219 g/mol. The fourth-order valence-corrected chi connectivity index (χ4v) is 2.30. The second-order valence-electron chi connectivity index (χ2n) is 5.29. The summed E-state index contributed by atoms with van der Waals surface area (Å²) >= 11 is 0. The molecule has 16 heavy (non-hydrogen) atoms. The van der Waals surface area contributed by atoms with Gasteiger partial charge in [0.25, 0.3) is 0 Å². The number of anilines is 1. The smallest absolute Gasteiger partial charge is 0.0504 e. The van der Waals surface area contributed by atoms with Crippen LogP contribution in [0.1, 0.15) is 29.5 Å². The number of hydrogen-bond acceptors (Lipinski definition) is 2. The molecular formula is C14H21NO. The first-order chi connectivity index (χ1) is 7.56. The van der Waals surface area contributed by atoms with Crippen LogP contribution in [0.25, 0.3) is 0 Å². The van der Waals surface area contributed by atoms with Crippen molar-refractivity contribution in [2.75, 3.05) is 18.5 Å². The molecule has 0 amide bonds. The maximum absolute atomic E-state index is 9.28. The summed E-state index contributed by atoms with van der Waals surface area (Å²) in [4.78, 5) is 0. The molecule has 0 radical (unpaired) electrons. The first-order valence-corrected chi connectivity index (χ1v) is 5.99. The van der Waals surface area contributed by atoms with Crippen molar-refractivity contribution in [1.29, 1.82) is 0 Å². The van der Waals surface area contributed by atoms with Crippen LogP contribution < -0.4 is 5.32 Å². The molecule has 1 saturated carbocycles. The van der Waals surface area contributed by atoms with Gasteiger partial charge in [0.15, 0.2) is 0 Å². The van der Waals surface area contributed by atoms with Crippen LogP contribution >= 0.6 is 0 Å². The predicted octanol–water partition coefficient (Wildman–Crippen LogP) is 2.80. The Bertz CT molecular complexity index is 371. The standard InChI is InChI=1S/C14H21NO/c1-10-6-11(2)13(12(3)7-10)15-8-14(9-16)4-5-14/h6-7,15-16H,4-5,8-9H2,1-3H3. The Kier molecular flexibility index (Phi) is 2.94. The Balaban J connectivity index is 2.09. The van der Waals surface area contributed by atoms with Crippen LogP contribution in [0, 0.1) is 26.2 Å². The molecule has 2 N–H and O–H groups in total. The van der Waals surface area contributed by atoms with Crippen molar-refractivity contribution in [3.8, 4) is 0 Å². The van der Waals surface area contributed by atoms with E-state index in [-0.39, 0.29) is 5.41 Å². The van der Waals surface area contributed by atoms with E-state index in [0.29, 0.717) is 6.61 Å². The quantitative estimate of drug-likeness (QED) is 0.816. The van der Waals surface area contributed by atoms with Crippen molar-refractivity contribution in [3.63, 3.8) is 0 Å². The van der Waals surface area contributed by atoms with Crippen LogP contribution in [0.2, 0.25) is 0 Å². The first-order valence-electron chi connectivity index (χ1n) is 5.99. The van der Waals surface area contributed by atoms with Gasteiger partial charge in [0.2, 0.25) is 0 Å². The summed E-state index contributed by atoms with van der Waals surface area (Å²) in [5.74, 6) is 0. The van der Waals surface area contributed by atoms with E-state index in [1.54, 1.807) is 0 Å². The Hall–Kier alpha value is -1.02. The highest BCUT2D eigenvalue weighted by molar-refractivity contribution is 5.58. The van der Waals surface area contributed by atoms with E-state index in [0.717, 1.165) is 19.4 Å². The molecule has 0 aromatic heterocycles. The summed E-state index contributed by atoms with van der Waals surface area (Å²) in [5.41, 5.74) is 5.32. The minimum Gasteiger partial charge on any atom is -0.396 e. The average molecular weight is 219 g/mol. The lowest BCUT2D eigenvalue weighted by Crippen LogP contribution is -2.19. The van der Waals surface area contributed by atoms with Gasteiger partial charge in [-0.25, -0.2) is 0 Å². The van der Waals surface area contributed by atoms with E-state index in [1.807, 2.05) is 0 Å². The molecule has 0 bridgehead atoms. The third kappa shape index (κ3) is 2.22. The molecule has 1 aliphatic carbocycles. The topological polar surface area (TPSA) is 32.3 Å². The number of rotatable bonds is 4. The molecule has 1 fully saturated rings. The summed E-state index contributed by atoms with van der Waals surface area (Å²) in [6, 6.07) is 4.40. The Labute approximate surface area is 97.7 Å². The van der Waals surface area contributed by atoms with Crippen molar-refractivity contribution < 1.29 is 5.11 Å². The first kappa shape index (κ1) is 11.5. The fourth-order valence-electron chi connectivity index (χ4n) is 2.30. The third-order valence-electron chi connectivity index (χ3n) is 3.61. The summed E-state index contributed by atoms with van der Waals surface area (Å²) in [7, 11) is 0. The molecule has 1 aromatic carbocycles. The maximum atomic E-state index is 9.28. The van der Waals surface area contributed by atoms with Crippen LogP contribution in [-0.2, 0) is 0 Å². The lowest BCUT2D eigenvalue weighted by molar-refractivity contribution is 0.220. The van der Waals surface area contributed by atoms with Crippen molar-refractivity contribution in [3.05, 3.63) is 28.8 Å². The van der Waals surface area contributed by atoms with Crippen LogP contribution in [0.5, 0.6) is 0 Å². The van der Waals surface area contributed by atoms with Gasteiger partial charge in [-0.15, -0.1) is 0 Å². The number of nitrogens with one attached hydrogen (secondary N) is 1. The largest absolute Gasteiger partial charge is 0.396 e. The van der Waals surface area contributed by atoms with Gasteiger partial charge >= 0.3 is 0 Å². The second kappa shape index (κ2) is 4.10. The molecule has 0 heterocycles. The lowest BCUT2D eigenvalue weighted by Gasteiger charge is -2.18. The molecule has 1 aromatic rings. The van der Waals surface area contributed by atoms with Crippen molar-refractivity contribution in [1.82, 2.24) is 0 Å². The molecule has 1 aliphatic rings. The van der Waals surface area contributed by atoms with Crippen LogP contribution in [0.15, 0.2) is 12.1 Å². The van der Waals surface area contributed by atoms with E-state index >= 15 is 0 Å². The third-order valence-corrected chi connectivity index (χ3v) is 3.61. The molecular weight excluding hydrogens is 198 g/mol. The van der Waals surface area contributed by atoms with E-state index in [1.165, 1.54) is 22.4 Å². The van der Waals surface area contributed by atoms with Gasteiger partial charge in [0, 0.05) is 17.6 Å². The lowest BCUT2D eigenvalue weighted by atomic mass is 10.0. The van der Waals surface area contributed by atoms with Gasteiger partial charge in [-0.1, -0.05) is 17.7 Å². The molecule has 0 aliphatic heterocycles. The Morgan fingerprint density at radius 2 is 1.75 bits per heavy atom. The molecule has 0 spiro atoms. The van der Waals surface area contributed by atoms with Crippen molar-refractivity contribution >= 4 is 5.69 Å². The zero-order valence-corrected chi connectivity index (χ0v) is 10.4. The normalized spacial score (nSPS) is 17.2. The minimum absolute atomic E-state index is 0.170. The molecule has 0 saturated heterocycles. The van der Waals surface area contributed by atoms with Gasteiger partial charge < -0.3 is 10.4 Å². The number of aliphatic hydroxyl groups excluding tert-OH is 1. The van der Waals surface area contributed by atoms with Crippen molar-refractivity contribution in [2.45, 2.75) is 33.6 Å². The van der Waals surface area contributed by atoms with Gasteiger partial charge in [-0.3, -0.25) is 0 Å². The zero-order chi connectivity index (χ0) is 11.8. The number of hydrogen-bond donors (Lipinski definition) is 2. The minimum atomic E-state index is 0.170. The van der Waals surface area contributed by atoms with Gasteiger partial charge in [0.05, 0.1) is 6.61 Å². The van der Waals surface area contributed by atoms with Gasteiger partial charge in [-0.2, -0.15) is 0 Å². The molecule has 2 heteroatoms. The molecule has 2 nitrogen and oxygen atoms in total. The summed E-state index contributed by atoms with van der Waals surface area (Å²) in [5, 5.41) is 12.8. The van der Waals surface area contributed by atoms with Crippen LogP contribution in [0.4, 0.5) is 5.69 Å². The number of benzene rings is 1. The van der Waals surface area contributed by atoms with E-state index < -0.39 is 0 Å². The number of aryl methyl sites for hydroxylation is 3. The Morgan fingerprint density at radius 3 is 2.19 bits per heavy atom. The molecule has 2 rings (SSSR count). The highest BCUT2D eigenvalue weighted by Crippen LogP contribution is 2.45. The van der Waals surface area contributed by atoms with E-state index in [4.69, 9.17) is 0 Å². The zero-order valence-electron chi connectivity index (χ0n) is 10.4. The molecule has 0 unspecified atom stereocenters. The van der Waals surface area contributed by atoms with Gasteiger partial charge in [-0.05, 0) is 44.7 Å². The number of aliphatic hydroxyl groups is 1.